The smallest absolute Gasteiger partial charge is 0.186 e. The number of hydrogen-bond acceptors (Lipinski definition) is 4. The molecule has 0 spiro atoms. The van der Waals surface area contributed by atoms with Gasteiger partial charge in [-0.3, -0.25) is 14.6 Å². The molecule has 0 bridgehead atoms. The second kappa shape index (κ2) is 5.95. The Kier molecular flexibility index (Phi) is 4.54. The molecule has 0 amide bonds. The minimum absolute atomic E-state index is 0.270. The molecule has 0 unspecified atom stereocenters. The predicted octanol–water partition coefficient (Wildman–Crippen LogP) is 2.27. The first-order valence-electron chi connectivity index (χ1n) is 6.62. The minimum atomic E-state index is 0.270. The van der Waals surface area contributed by atoms with Crippen LogP contribution in [0.5, 0.6) is 0 Å². The zero-order valence-electron chi connectivity index (χ0n) is 11.5. The molecular formula is C14H22N2OS. The SMILES string of the molecule is Cc1ccc(C(=O)CN2CCN(C(C)C)CC2)s1. The third-order valence-electron chi connectivity index (χ3n) is 3.52. The largest absolute Gasteiger partial charge is 0.298 e. The number of carbonyl (C=O) groups excluding carboxylic acids is 1. The van der Waals surface area contributed by atoms with E-state index in [-0.39, 0.29) is 5.78 Å². The highest BCUT2D eigenvalue weighted by molar-refractivity contribution is 7.14. The minimum Gasteiger partial charge on any atom is -0.298 e. The molecule has 4 heteroatoms. The Morgan fingerprint density at radius 2 is 1.94 bits per heavy atom. The van der Waals surface area contributed by atoms with Crippen molar-refractivity contribution in [3.63, 3.8) is 0 Å². The van der Waals surface area contributed by atoms with Gasteiger partial charge in [0.2, 0.25) is 0 Å². The molecule has 1 aliphatic rings. The monoisotopic (exact) mass is 266 g/mol. The zero-order chi connectivity index (χ0) is 13.1. The van der Waals surface area contributed by atoms with E-state index in [1.807, 2.05) is 19.1 Å². The molecule has 100 valence electrons. The van der Waals surface area contributed by atoms with Crippen LogP contribution in [0.15, 0.2) is 12.1 Å². The van der Waals surface area contributed by atoms with E-state index in [4.69, 9.17) is 0 Å². The summed E-state index contributed by atoms with van der Waals surface area (Å²) < 4.78 is 0. The molecule has 0 aliphatic carbocycles. The lowest BCUT2D eigenvalue weighted by Gasteiger charge is -2.36. The second-order valence-corrected chi connectivity index (χ2v) is 6.53. The standard InChI is InChI=1S/C14H22N2OS/c1-11(2)16-8-6-15(7-9-16)10-13(17)14-5-4-12(3)18-14/h4-5,11H,6-10H2,1-3H3. The highest BCUT2D eigenvalue weighted by atomic mass is 32.1. The van der Waals surface area contributed by atoms with Crippen LogP contribution < -0.4 is 0 Å². The van der Waals surface area contributed by atoms with Crippen molar-refractivity contribution in [1.82, 2.24) is 9.80 Å². The first kappa shape index (κ1) is 13.7. The fourth-order valence-corrected chi connectivity index (χ4v) is 3.10. The van der Waals surface area contributed by atoms with Gasteiger partial charge in [-0.1, -0.05) is 0 Å². The molecule has 2 heterocycles. The van der Waals surface area contributed by atoms with E-state index in [1.54, 1.807) is 11.3 Å². The van der Waals surface area contributed by atoms with Gasteiger partial charge >= 0.3 is 0 Å². The molecule has 1 fully saturated rings. The Morgan fingerprint density at radius 3 is 2.44 bits per heavy atom. The maximum atomic E-state index is 12.1. The van der Waals surface area contributed by atoms with E-state index < -0.39 is 0 Å². The van der Waals surface area contributed by atoms with Crippen molar-refractivity contribution in [2.75, 3.05) is 32.7 Å². The molecule has 1 saturated heterocycles. The van der Waals surface area contributed by atoms with E-state index in [9.17, 15) is 4.79 Å². The van der Waals surface area contributed by atoms with Gasteiger partial charge in [0.25, 0.3) is 0 Å². The summed E-state index contributed by atoms with van der Waals surface area (Å²) in [6, 6.07) is 4.59. The molecule has 0 aromatic carbocycles. The average Bonchev–Trinajstić information content (AvgIpc) is 2.76. The summed E-state index contributed by atoms with van der Waals surface area (Å²) in [6.45, 7) is 11.3. The van der Waals surface area contributed by atoms with Crippen molar-refractivity contribution in [2.24, 2.45) is 0 Å². The van der Waals surface area contributed by atoms with Crippen LogP contribution in [0.4, 0.5) is 0 Å². The molecular weight excluding hydrogens is 244 g/mol. The van der Waals surface area contributed by atoms with Gasteiger partial charge in [-0.05, 0) is 32.9 Å². The second-order valence-electron chi connectivity index (χ2n) is 5.24. The summed E-state index contributed by atoms with van der Waals surface area (Å²) in [7, 11) is 0. The third kappa shape index (κ3) is 3.40. The summed E-state index contributed by atoms with van der Waals surface area (Å²) in [4.78, 5) is 19.0. The van der Waals surface area contributed by atoms with Gasteiger partial charge in [0.05, 0.1) is 11.4 Å². The van der Waals surface area contributed by atoms with Crippen LogP contribution in [-0.2, 0) is 0 Å². The van der Waals surface area contributed by atoms with Crippen LogP contribution in [0.1, 0.15) is 28.4 Å². The van der Waals surface area contributed by atoms with Crippen LogP contribution in [0.2, 0.25) is 0 Å². The number of hydrogen-bond donors (Lipinski definition) is 0. The zero-order valence-corrected chi connectivity index (χ0v) is 12.3. The van der Waals surface area contributed by atoms with Crippen LogP contribution in [-0.4, -0.2) is 54.3 Å². The molecule has 1 aliphatic heterocycles. The van der Waals surface area contributed by atoms with E-state index in [1.165, 1.54) is 4.88 Å². The summed E-state index contributed by atoms with van der Waals surface area (Å²) >= 11 is 1.60. The molecule has 0 atom stereocenters. The van der Waals surface area contributed by atoms with E-state index >= 15 is 0 Å². The number of aryl methyl sites for hydroxylation is 1. The lowest BCUT2D eigenvalue weighted by atomic mass is 10.2. The number of thiophene rings is 1. The molecule has 2 rings (SSSR count). The molecule has 3 nitrogen and oxygen atoms in total. The van der Waals surface area contributed by atoms with Crippen LogP contribution in [0.25, 0.3) is 0 Å². The fourth-order valence-electron chi connectivity index (χ4n) is 2.30. The summed E-state index contributed by atoms with van der Waals surface area (Å²) in [5.74, 6) is 0.270. The van der Waals surface area contributed by atoms with Gasteiger partial charge in [-0.2, -0.15) is 0 Å². The van der Waals surface area contributed by atoms with Gasteiger partial charge in [0, 0.05) is 37.1 Å². The molecule has 0 saturated carbocycles. The van der Waals surface area contributed by atoms with E-state index in [0.29, 0.717) is 12.6 Å². The summed E-state index contributed by atoms with van der Waals surface area (Å²) in [5.41, 5.74) is 0. The summed E-state index contributed by atoms with van der Waals surface area (Å²) in [6.07, 6.45) is 0. The van der Waals surface area contributed by atoms with Gasteiger partial charge in [-0.15, -0.1) is 11.3 Å². The molecule has 1 aromatic rings. The van der Waals surface area contributed by atoms with Crippen molar-refractivity contribution < 1.29 is 4.79 Å². The van der Waals surface area contributed by atoms with Crippen molar-refractivity contribution in [3.05, 3.63) is 21.9 Å². The van der Waals surface area contributed by atoms with E-state index in [0.717, 1.165) is 31.1 Å². The Morgan fingerprint density at radius 1 is 1.28 bits per heavy atom. The quantitative estimate of drug-likeness (QED) is 0.781. The number of nitrogens with zero attached hydrogens (tertiary/aromatic N) is 2. The maximum absolute atomic E-state index is 12.1. The molecule has 0 radical (unpaired) electrons. The average molecular weight is 266 g/mol. The van der Waals surface area contributed by atoms with Gasteiger partial charge < -0.3 is 0 Å². The molecule has 1 aromatic heterocycles. The third-order valence-corrected chi connectivity index (χ3v) is 4.56. The number of rotatable bonds is 4. The van der Waals surface area contributed by atoms with Gasteiger partial charge in [-0.25, -0.2) is 0 Å². The lowest BCUT2D eigenvalue weighted by Crippen LogP contribution is -2.49. The normalized spacial score (nSPS) is 18.4. The number of Topliss-reactive ketones (excluding diaryl/α,β-unsaturated/α-hetero) is 1. The maximum Gasteiger partial charge on any atom is 0.186 e. The number of piperazine rings is 1. The Labute approximate surface area is 113 Å². The van der Waals surface area contributed by atoms with Crippen LogP contribution >= 0.6 is 11.3 Å². The van der Waals surface area contributed by atoms with Crippen LogP contribution in [0.3, 0.4) is 0 Å². The Bertz CT molecular complexity index is 406. The van der Waals surface area contributed by atoms with Crippen LogP contribution in [0, 0.1) is 6.92 Å². The van der Waals surface area contributed by atoms with Gasteiger partial charge in [0.15, 0.2) is 5.78 Å². The summed E-state index contributed by atoms with van der Waals surface area (Å²) in [5, 5.41) is 0. The van der Waals surface area contributed by atoms with E-state index in [2.05, 4.69) is 23.6 Å². The van der Waals surface area contributed by atoms with Crippen molar-refractivity contribution in [3.8, 4) is 0 Å². The van der Waals surface area contributed by atoms with Crippen molar-refractivity contribution >= 4 is 17.1 Å². The van der Waals surface area contributed by atoms with Crippen molar-refractivity contribution in [1.29, 1.82) is 0 Å². The Balaban J connectivity index is 1.83. The Hall–Kier alpha value is -0.710. The topological polar surface area (TPSA) is 23.6 Å². The number of carbonyl (C=O) groups is 1. The number of ketones is 1. The molecule has 18 heavy (non-hydrogen) atoms. The molecule has 0 N–H and O–H groups in total. The van der Waals surface area contributed by atoms with Gasteiger partial charge in [0.1, 0.15) is 0 Å². The highest BCUT2D eigenvalue weighted by Gasteiger charge is 2.21. The van der Waals surface area contributed by atoms with Crippen molar-refractivity contribution in [2.45, 2.75) is 26.8 Å². The highest BCUT2D eigenvalue weighted by Crippen LogP contribution is 2.16. The first-order valence-corrected chi connectivity index (χ1v) is 7.44. The fraction of sp³-hybridized carbons (Fsp3) is 0.643. The predicted molar refractivity (Wildman–Crippen MR) is 76.5 cm³/mol. The first-order chi connectivity index (χ1) is 8.56. The lowest BCUT2D eigenvalue weighted by molar-refractivity contribution is 0.0810.